The van der Waals surface area contributed by atoms with E-state index in [0.717, 1.165) is 24.7 Å². The molecule has 3 aliphatic carbocycles. The van der Waals surface area contributed by atoms with E-state index >= 15 is 0 Å². The number of benzene rings is 4. The number of hydrogen-bond donors (Lipinski definition) is 0. The first-order chi connectivity index (χ1) is 29.3. The van der Waals surface area contributed by atoms with Crippen LogP contribution in [0.4, 0.5) is 0 Å². The summed E-state index contributed by atoms with van der Waals surface area (Å²) in [4.78, 5) is 0. The minimum atomic E-state index is -0.514. The van der Waals surface area contributed by atoms with Gasteiger partial charge >= 0.3 is 0 Å². The second-order valence-electron chi connectivity index (χ2n) is 17.0. The molecule has 0 N–H and O–H groups in total. The van der Waals surface area contributed by atoms with Crippen LogP contribution in [0.25, 0.3) is 11.1 Å². The lowest BCUT2D eigenvalue weighted by atomic mass is 9.66. The largest absolute Gasteiger partial charge is 0.491 e. The van der Waals surface area contributed by atoms with E-state index in [0.29, 0.717) is 77.9 Å². The molecule has 2 atom stereocenters. The standard InChI is InChI=1S/C51H62O8/c1-3-11-37(12-4-1)45-31-39(19-21-49(45)56-29-27-52-23-25-54-33-41-35-58-41)51(47-17-9-7-15-43(47)44-16-8-10-18-48(44)51)40-20-22-50(46(32-40)38-13-5-2-6-14-38)57-30-28-53-24-26-55-34-42-36-59-42/h7-10,15-22,31-32,37-38,41-42H,1-6,11-14,23-30,33-36H2. The fourth-order valence-electron chi connectivity index (χ4n) is 9.93. The van der Waals surface area contributed by atoms with E-state index in [1.54, 1.807) is 0 Å². The fraction of sp³-hybridized carbons (Fsp3) is 0.529. The van der Waals surface area contributed by atoms with E-state index in [4.69, 9.17) is 37.9 Å². The molecule has 0 aromatic heterocycles. The molecule has 0 bridgehead atoms. The van der Waals surface area contributed by atoms with Crippen molar-refractivity contribution in [3.05, 3.63) is 118 Å². The van der Waals surface area contributed by atoms with Crippen LogP contribution in [0.1, 0.15) is 109 Å². The summed E-state index contributed by atoms with van der Waals surface area (Å²) in [6.07, 6.45) is 12.9. The third kappa shape index (κ3) is 9.59. The summed E-state index contributed by atoms with van der Waals surface area (Å²) < 4.78 is 46.9. The predicted molar refractivity (Wildman–Crippen MR) is 229 cm³/mol. The van der Waals surface area contributed by atoms with E-state index in [1.165, 1.54) is 109 Å². The van der Waals surface area contributed by atoms with E-state index in [2.05, 4.69) is 84.9 Å². The Morgan fingerprint density at radius 2 is 0.864 bits per heavy atom. The molecule has 4 aromatic rings. The van der Waals surface area contributed by atoms with Gasteiger partial charge in [-0.2, -0.15) is 0 Å². The molecular formula is C51H62O8. The molecule has 8 heteroatoms. The molecule has 2 saturated heterocycles. The molecule has 4 fully saturated rings. The van der Waals surface area contributed by atoms with Gasteiger partial charge in [0.15, 0.2) is 0 Å². The average Bonchev–Trinajstić information content (AvgIpc) is 4.25. The van der Waals surface area contributed by atoms with Gasteiger partial charge in [-0.3, -0.25) is 0 Å². The highest BCUT2D eigenvalue weighted by Gasteiger charge is 2.47. The number of fused-ring (bicyclic) bond motifs is 3. The van der Waals surface area contributed by atoms with Crippen molar-refractivity contribution >= 4 is 0 Å². The van der Waals surface area contributed by atoms with Crippen LogP contribution in [0.5, 0.6) is 11.5 Å². The molecule has 0 radical (unpaired) electrons. The molecule has 314 valence electrons. The first kappa shape index (κ1) is 40.6. The van der Waals surface area contributed by atoms with E-state index in [-0.39, 0.29) is 12.2 Å². The lowest BCUT2D eigenvalue weighted by molar-refractivity contribution is 0.0315. The SMILES string of the molecule is c1ccc2c(c1)-c1ccccc1C2(c1ccc(OCCOCCOCC2CO2)c(C2CCCCC2)c1)c1ccc(OCCOCCOCC2CO2)c(C2CCCCC2)c1. The van der Waals surface area contributed by atoms with Gasteiger partial charge in [-0.25, -0.2) is 0 Å². The summed E-state index contributed by atoms with van der Waals surface area (Å²) in [7, 11) is 0. The Kier molecular flexibility index (Phi) is 13.6. The Hall–Kier alpha value is -3.76. The van der Waals surface area contributed by atoms with Crippen molar-refractivity contribution in [1.82, 2.24) is 0 Å². The lowest BCUT2D eigenvalue weighted by Crippen LogP contribution is -2.29. The highest BCUT2D eigenvalue weighted by atomic mass is 16.6. The van der Waals surface area contributed by atoms with Crippen molar-refractivity contribution < 1.29 is 37.9 Å². The molecule has 2 unspecified atom stereocenters. The fourth-order valence-corrected chi connectivity index (χ4v) is 9.93. The average molecular weight is 803 g/mol. The van der Waals surface area contributed by atoms with Crippen LogP contribution >= 0.6 is 0 Å². The smallest absolute Gasteiger partial charge is 0.122 e. The van der Waals surface area contributed by atoms with Crippen molar-refractivity contribution in [3.8, 4) is 22.6 Å². The maximum absolute atomic E-state index is 6.62. The van der Waals surface area contributed by atoms with Crippen LogP contribution in [-0.4, -0.2) is 91.5 Å². The number of rotatable bonds is 22. The zero-order valence-electron chi connectivity index (χ0n) is 34.7. The van der Waals surface area contributed by atoms with Gasteiger partial charge in [0, 0.05) is 0 Å². The summed E-state index contributed by atoms with van der Waals surface area (Å²) in [6, 6.07) is 32.4. The monoisotopic (exact) mass is 802 g/mol. The Morgan fingerprint density at radius 3 is 1.31 bits per heavy atom. The van der Waals surface area contributed by atoms with Crippen molar-refractivity contribution in [2.24, 2.45) is 0 Å². The van der Waals surface area contributed by atoms with Crippen molar-refractivity contribution in [3.63, 3.8) is 0 Å². The summed E-state index contributed by atoms with van der Waals surface area (Å²) in [6.45, 7) is 7.22. The van der Waals surface area contributed by atoms with Crippen molar-refractivity contribution in [2.45, 2.75) is 93.7 Å². The maximum atomic E-state index is 6.62. The molecule has 2 heterocycles. The second kappa shape index (κ2) is 19.7. The van der Waals surface area contributed by atoms with E-state index in [9.17, 15) is 0 Å². The van der Waals surface area contributed by atoms with Crippen LogP contribution in [0.15, 0.2) is 84.9 Å². The minimum Gasteiger partial charge on any atom is -0.491 e. The van der Waals surface area contributed by atoms with E-state index in [1.807, 2.05) is 0 Å². The van der Waals surface area contributed by atoms with Crippen LogP contribution in [0.3, 0.4) is 0 Å². The zero-order chi connectivity index (χ0) is 39.7. The topological polar surface area (TPSA) is 80.4 Å². The van der Waals surface area contributed by atoms with Gasteiger partial charge in [0.05, 0.1) is 71.5 Å². The third-order valence-electron chi connectivity index (χ3n) is 13.1. The Morgan fingerprint density at radius 1 is 0.458 bits per heavy atom. The van der Waals surface area contributed by atoms with Gasteiger partial charge in [0.25, 0.3) is 0 Å². The van der Waals surface area contributed by atoms with Crippen molar-refractivity contribution in [2.75, 3.05) is 79.3 Å². The number of ether oxygens (including phenoxy) is 8. The molecule has 5 aliphatic rings. The third-order valence-corrected chi connectivity index (χ3v) is 13.1. The normalized spacial score (nSPS) is 20.9. The maximum Gasteiger partial charge on any atom is 0.122 e. The molecule has 59 heavy (non-hydrogen) atoms. The van der Waals surface area contributed by atoms with Crippen LogP contribution in [-0.2, 0) is 33.8 Å². The molecule has 4 aromatic carbocycles. The molecule has 2 aliphatic heterocycles. The van der Waals surface area contributed by atoms with Gasteiger partial charge < -0.3 is 37.9 Å². The number of epoxide rings is 2. The molecule has 0 amide bonds. The summed E-state index contributed by atoms with van der Waals surface area (Å²) in [5.41, 5.74) is 10.0. The molecule has 9 rings (SSSR count). The molecule has 2 saturated carbocycles. The lowest BCUT2D eigenvalue weighted by Gasteiger charge is -2.36. The van der Waals surface area contributed by atoms with Crippen molar-refractivity contribution in [1.29, 1.82) is 0 Å². The molecular weight excluding hydrogens is 741 g/mol. The Labute approximate surface area is 350 Å². The Bertz CT molecular complexity index is 1820. The predicted octanol–water partition coefficient (Wildman–Crippen LogP) is 9.77. The van der Waals surface area contributed by atoms with Crippen LogP contribution < -0.4 is 9.47 Å². The Balaban J connectivity index is 1.04. The highest BCUT2D eigenvalue weighted by molar-refractivity contribution is 5.86. The van der Waals surface area contributed by atoms with Crippen LogP contribution in [0.2, 0.25) is 0 Å². The number of hydrogen-bond acceptors (Lipinski definition) is 8. The first-order valence-corrected chi connectivity index (χ1v) is 22.6. The van der Waals surface area contributed by atoms with Gasteiger partial charge in [0.1, 0.15) is 36.9 Å². The van der Waals surface area contributed by atoms with Gasteiger partial charge in [-0.05, 0) is 94.2 Å². The molecule has 8 nitrogen and oxygen atoms in total. The first-order valence-electron chi connectivity index (χ1n) is 22.6. The van der Waals surface area contributed by atoms with Crippen LogP contribution in [0, 0.1) is 0 Å². The highest BCUT2D eigenvalue weighted by Crippen LogP contribution is 2.57. The minimum absolute atomic E-state index is 0.275. The second-order valence-corrected chi connectivity index (χ2v) is 17.0. The zero-order valence-corrected chi connectivity index (χ0v) is 34.7. The quantitative estimate of drug-likeness (QED) is 0.0506. The van der Waals surface area contributed by atoms with E-state index < -0.39 is 5.41 Å². The molecule has 0 spiro atoms. The van der Waals surface area contributed by atoms with Gasteiger partial charge in [0.2, 0.25) is 0 Å². The van der Waals surface area contributed by atoms with Gasteiger partial charge in [-0.1, -0.05) is 111 Å². The summed E-state index contributed by atoms with van der Waals surface area (Å²) in [5.74, 6) is 2.88. The summed E-state index contributed by atoms with van der Waals surface area (Å²) in [5, 5.41) is 0. The summed E-state index contributed by atoms with van der Waals surface area (Å²) >= 11 is 0. The van der Waals surface area contributed by atoms with Gasteiger partial charge in [-0.15, -0.1) is 0 Å².